The van der Waals surface area contributed by atoms with Crippen LogP contribution in [0.15, 0.2) is 17.1 Å². The molecule has 1 saturated heterocycles. The maximum absolute atomic E-state index is 6.18. The van der Waals surface area contributed by atoms with Gasteiger partial charge < -0.3 is 4.90 Å². The summed E-state index contributed by atoms with van der Waals surface area (Å²) >= 11 is 12.2. The maximum Gasteiger partial charge on any atom is 0.105 e. The predicted molar refractivity (Wildman–Crippen MR) is 67.8 cm³/mol. The second-order valence-corrected chi connectivity index (χ2v) is 5.06. The molecule has 3 rings (SSSR count). The largest absolute Gasteiger partial charge is 0.356 e. The van der Waals surface area contributed by atoms with Gasteiger partial charge in [-0.15, -0.1) is 0 Å². The quantitative estimate of drug-likeness (QED) is 0.683. The minimum absolute atomic E-state index is 0.592. The molecule has 16 heavy (non-hydrogen) atoms. The molecule has 4 heteroatoms. The summed E-state index contributed by atoms with van der Waals surface area (Å²) in [6.45, 7) is 2.03. The van der Waals surface area contributed by atoms with Crippen molar-refractivity contribution in [2.75, 3.05) is 6.54 Å². The molecule has 0 unspecified atom stereocenters. The molecular formula is C12H12Cl2N2. The highest BCUT2D eigenvalue weighted by atomic mass is 35.5. The lowest BCUT2D eigenvalue weighted by Crippen LogP contribution is -2.36. The molecule has 2 aliphatic rings. The summed E-state index contributed by atoms with van der Waals surface area (Å²) in [5.74, 6) is 1.17. The van der Waals surface area contributed by atoms with E-state index in [0.29, 0.717) is 10.0 Å². The summed E-state index contributed by atoms with van der Waals surface area (Å²) in [5, 5.41) is 1.19. The first kappa shape index (κ1) is 10.4. The van der Waals surface area contributed by atoms with Gasteiger partial charge in [0.2, 0.25) is 0 Å². The van der Waals surface area contributed by atoms with E-state index in [9.17, 15) is 0 Å². The smallest absolute Gasteiger partial charge is 0.105 e. The third-order valence-corrected chi connectivity index (χ3v) is 3.99. The number of fused-ring (bicyclic) bond motifs is 2. The Morgan fingerprint density at radius 1 is 1.19 bits per heavy atom. The summed E-state index contributed by atoms with van der Waals surface area (Å²) in [6, 6.07) is 3.88. The molecule has 0 aromatic heterocycles. The van der Waals surface area contributed by atoms with E-state index in [1.807, 2.05) is 12.1 Å². The number of hydrogen-bond acceptors (Lipinski definition) is 2. The third-order valence-electron chi connectivity index (χ3n) is 3.20. The van der Waals surface area contributed by atoms with Gasteiger partial charge in [-0.3, -0.25) is 0 Å². The Kier molecular flexibility index (Phi) is 2.56. The Hall–Kier alpha value is -0.730. The van der Waals surface area contributed by atoms with E-state index >= 15 is 0 Å². The molecule has 1 aromatic carbocycles. The van der Waals surface area contributed by atoms with Crippen LogP contribution in [0.2, 0.25) is 10.0 Å². The molecule has 0 saturated carbocycles. The predicted octanol–water partition coefficient (Wildman–Crippen LogP) is 4.02. The van der Waals surface area contributed by atoms with Crippen LogP contribution in [0.5, 0.6) is 0 Å². The Morgan fingerprint density at radius 2 is 2.06 bits per heavy atom. The van der Waals surface area contributed by atoms with Crippen molar-refractivity contribution in [1.82, 2.24) is 4.90 Å². The summed E-state index contributed by atoms with van der Waals surface area (Å²) in [4.78, 5) is 7.00. The number of benzene rings is 1. The SMILES string of the molecule is Clc1ccc2c(c1Cl)N=C1CCCCN1C2. The van der Waals surface area contributed by atoms with Gasteiger partial charge in [-0.05, 0) is 24.5 Å². The van der Waals surface area contributed by atoms with Crippen molar-refractivity contribution >= 4 is 34.7 Å². The molecule has 0 spiro atoms. The van der Waals surface area contributed by atoms with Crippen molar-refractivity contribution in [2.45, 2.75) is 25.8 Å². The number of halogens is 2. The average molecular weight is 255 g/mol. The molecule has 0 N–H and O–H groups in total. The number of hydrogen-bond donors (Lipinski definition) is 0. The number of amidine groups is 1. The van der Waals surface area contributed by atoms with Gasteiger partial charge in [0.05, 0.1) is 15.7 Å². The molecular weight excluding hydrogens is 243 g/mol. The summed E-state index contributed by atoms with van der Waals surface area (Å²) in [7, 11) is 0. The molecule has 1 fully saturated rings. The zero-order chi connectivity index (χ0) is 11.1. The van der Waals surface area contributed by atoms with Gasteiger partial charge in [0, 0.05) is 19.5 Å². The van der Waals surface area contributed by atoms with Gasteiger partial charge in [-0.2, -0.15) is 0 Å². The van der Waals surface area contributed by atoms with E-state index in [-0.39, 0.29) is 0 Å². The molecule has 0 atom stereocenters. The van der Waals surface area contributed by atoms with Crippen LogP contribution in [0.1, 0.15) is 24.8 Å². The molecule has 0 amide bonds. The summed E-state index contributed by atoms with van der Waals surface area (Å²) < 4.78 is 0. The second-order valence-electron chi connectivity index (χ2n) is 4.28. The molecule has 1 aromatic rings. The normalized spacial score (nSPS) is 18.9. The Morgan fingerprint density at radius 3 is 2.94 bits per heavy atom. The second kappa shape index (κ2) is 3.94. The van der Waals surface area contributed by atoms with Crippen molar-refractivity contribution in [2.24, 2.45) is 4.99 Å². The zero-order valence-corrected chi connectivity index (χ0v) is 10.4. The lowest BCUT2D eigenvalue weighted by molar-refractivity contribution is 0.359. The number of nitrogens with zero attached hydrogens (tertiary/aromatic N) is 2. The van der Waals surface area contributed by atoms with E-state index in [4.69, 9.17) is 23.2 Å². The minimum Gasteiger partial charge on any atom is -0.356 e. The Labute approximate surface area is 105 Å². The summed E-state index contributed by atoms with van der Waals surface area (Å²) in [6.07, 6.45) is 3.54. The highest BCUT2D eigenvalue weighted by molar-refractivity contribution is 6.43. The first-order chi connectivity index (χ1) is 7.75. The third kappa shape index (κ3) is 1.61. The van der Waals surface area contributed by atoms with E-state index in [0.717, 1.165) is 25.2 Å². The summed E-state index contributed by atoms with van der Waals surface area (Å²) in [5.41, 5.74) is 2.06. The highest BCUT2D eigenvalue weighted by Gasteiger charge is 2.24. The van der Waals surface area contributed by atoms with Crippen LogP contribution in [-0.2, 0) is 6.54 Å². The van der Waals surface area contributed by atoms with Crippen molar-refractivity contribution in [3.05, 3.63) is 27.7 Å². The van der Waals surface area contributed by atoms with E-state index in [1.54, 1.807) is 0 Å². The number of rotatable bonds is 0. The molecule has 0 aliphatic carbocycles. The Balaban J connectivity index is 2.10. The molecule has 2 aliphatic heterocycles. The fourth-order valence-corrected chi connectivity index (χ4v) is 2.71. The topological polar surface area (TPSA) is 15.6 Å². The van der Waals surface area contributed by atoms with Gasteiger partial charge in [0.1, 0.15) is 5.84 Å². The molecule has 84 valence electrons. The number of piperidine rings is 1. The van der Waals surface area contributed by atoms with Crippen LogP contribution >= 0.6 is 23.2 Å². The van der Waals surface area contributed by atoms with Gasteiger partial charge in [0.25, 0.3) is 0 Å². The van der Waals surface area contributed by atoms with E-state index in [1.165, 1.54) is 24.2 Å². The van der Waals surface area contributed by atoms with Crippen LogP contribution in [-0.4, -0.2) is 17.3 Å². The first-order valence-electron chi connectivity index (χ1n) is 5.55. The van der Waals surface area contributed by atoms with Crippen molar-refractivity contribution < 1.29 is 0 Å². The minimum atomic E-state index is 0.592. The lowest BCUT2D eigenvalue weighted by Gasteiger charge is -2.34. The van der Waals surface area contributed by atoms with Crippen molar-refractivity contribution in [1.29, 1.82) is 0 Å². The van der Waals surface area contributed by atoms with Crippen molar-refractivity contribution in [3.63, 3.8) is 0 Å². The highest BCUT2D eigenvalue weighted by Crippen LogP contribution is 2.39. The molecule has 0 radical (unpaired) electrons. The van der Waals surface area contributed by atoms with Gasteiger partial charge in [0.15, 0.2) is 0 Å². The standard InChI is InChI=1S/C12H12Cl2N2/c13-9-5-4-8-7-16-6-2-1-3-10(16)15-12(8)11(9)14/h4-5H,1-3,6-7H2. The van der Waals surface area contributed by atoms with Crippen molar-refractivity contribution in [3.8, 4) is 0 Å². The van der Waals surface area contributed by atoms with Gasteiger partial charge in [-0.1, -0.05) is 29.3 Å². The monoisotopic (exact) mass is 254 g/mol. The van der Waals surface area contributed by atoms with Gasteiger partial charge >= 0.3 is 0 Å². The van der Waals surface area contributed by atoms with Crippen LogP contribution in [0.3, 0.4) is 0 Å². The lowest BCUT2D eigenvalue weighted by atomic mass is 10.0. The van der Waals surface area contributed by atoms with Crippen LogP contribution in [0.25, 0.3) is 0 Å². The van der Waals surface area contributed by atoms with Crippen LogP contribution < -0.4 is 0 Å². The number of aliphatic imine (C=N–C) groups is 1. The fraction of sp³-hybridized carbons (Fsp3) is 0.417. The molecule has 0 bridgehead atoms. The fourth-order valence-electron chi connectivity index (χ4n) is 2.33. The maximum atomic E-state index is 6.18. The van der Waals surface area contributed by atoms with E-state index in [2.05, 4.69) is 9.89 Å². The van der Waals surface area contributed by atoms with Crippen LogP contribution in [0.4, 0.5) is 5.69 Å². The first-order valence-corrected chi connectivity index (χ1v) is 6.30. The Bertz CT molecular complexity index is 468. The molecule has 2 heterocycles. The van der Waals surface area contributed by atoms with Crippen LogP contribution in [0, 0.1) is 0 Å². The van der Waals surface area contributed by atoms with E-state index < -0.39 is 0 Å². The van der Waals surface area contributed by atoms with Gasteiger partial charge in [-0.25, -0.2) is 4.99 Å². The zero-order valence-electron chi connectivity index (χ0n) is 8.84. The average Bonchev–Trinajstić information content (AvgIpc) is 2.32. The molecule has 2 nitrogen and oxygen atoms in total.